The number of aromatic hydroxyl groups is 1. The molecule has 2 aromatic carbocycles. The molecule has 1 amide bonds. The Morgan fingerprint density at radius 2 is 1.86 bits per heavy atom. The van der Waals surface area contributed by atoms with Gasteiger partial charge in [0.05, 0.1) is 23.7 Å². The summed E-state index contributed by atoms with van der Waals surface area (Å²) in [6, 6.07) is 15.5. The molecule has 3 rings (SSSR count). The van der Waals surface area contributed by atoms with E-state index in [1.807, 2.05) is 42.0 Å². The number of benzene rings is 2. The second kappa shape index (κ2) is 10.2. The molecule has 1 aromatic heterocycles. The number of ketones is 1. The van der Waals surface area contributed by atoms with Crippen molar-refractivity contribution in [3.63, 3.8) is 0 Å². The molecule has 0 aliphatic heterocycles. The third-order valence-electron chi connectivity index (χ3n) is 4.40. The van der Waals surface area contributed by atoms with Crippen LogP contribution in [0.25, 0.3) is 11.3 Å². The largest absolute Gasteiger partial charge is 0.507 e. The van der Waals surface area contributed by atoms with Crippen molar-refractivity contribution in [3.05, 3.63) is 70.5 Å². The minimum absolute atomic E-state index is 0.0863. The number of nitrogens with zero attached hydrogens (tertiary/aromatic N) is 1. The first kappa shape index (κ1) is 21.1. The second-order valence-corrected chi connectivity index (χ2v) is 8.39. The number of Topliss-reactive ketones (excluding diaryl/α,β-unsaturated/α-hetero) is 1. The number of thioether (sulfide) groups is 1. The molecular formula is C22H22N2O3S2. The van der Waals surface area contributed by atoms with Crippen molar-refractivity contribution in [2.24, 2.45) is 0 Å². The lowest BCUT2D eigenvalue weighted by Gasteiger charge is -2.17. The molecule has 0 bridgehead atoms. The summed E-state index contributed by atoms with van der Waals surface area (Å²) in [4.78, 5) is 30.0. The summed E-state index contributed by atoms with van der Waals surface area (Å²) in [5.74, 6) is 0.0989. The number of carbonyl (C=O) groups is 2. The zero-order chi connectivity index (χ0) is 20.6. The molecular weight excluding hydrogens is 404 g/mol. The molecule has 0 spiro atoms. The van der Waals surface area contributed by atoms with Crippen LogP contribution in [0.15, 0.2) is 60.0 Å². The van der Waals surface area contributed by atoms with Gasteiger partial charge in [-0.25, -0.2) is 4.98 Å². The van der Waals surface area contributed by atoms with Gasteiger partial charge >= 0.3 is 0 Å². The lowest BCUT2D eigenvalue weighted by atomic mass is 10.1. The molecule has 5 nitrogen and oxygen atoms in total. The molecule has 2 N–H and O–H groups in total. The van der Waals surface area contributed by atoms with Crippen molar-refractivity contribution in [3.8, 4) is 17.0 Å². The standard InChI is InChI=1S/C22H22N2O3S2/c1-28-12-11-17(24-22(27)16-9-5-6-10-19(16)25)20(26)13-21-23-18(14-29-21)15-7-3-2-4-8-15/h2-10,14,17,25H,11-13H2,1H3,(H,24,27)/t17-/m0/s1. The molecule has 0 unspecified atom stereocenters. The Morgan fingerprint density at radius 3 is 2.59 bits per heavy atom. The smallest absolute Gasteiger partial charge is 0.255 e. The predicted octanol–water partition coefficient (Wildman–Crippen LogP) is 4.18. The highest BCUT2D eigenvalue weighted by atomic mass is 32.2. The lowest BCUT2D eigenvalue weighted by Crippen LogP contribution is -2.42. The van der Waals surface area contributed by atoms with Gasteiger partial charge in [-0.15, -0.1) is 11.3 Å². The predicted molar refractivity (Wildman–Crippen MR) is 119 cm³/mol. The number of hydrogen-bond donors (Lipinski definition) is 2. The van der Waals surface area contributed by atoms with Crippen LogP contribution in [0.3, 0.4) is 0 Å². The number of phenols is 1. The Morgan fingerprint density at radius 1 is 1.14 bits per heavy atom. The van der Waals surface area contributed by atoms with Crippen LogP contribution in [0.1, 0.15) is 21.8 Å². The molecule has 1 heterocycles. The van der Waals surface area contributed by atoms with Crippen molar-refractivity contribution < 1.29 is 14.7 Å². The first-order valence-electron chi connectivity index (χ1n) is 9.19. The average molecular weight is 427 g/mol. The fraction of sp³-hybridized carbons (Fsp3) is 0.227. The van der Waals surface area contributed by atoms with E-state index in [4.69, 9.17) is 0 Å². The maximum atomic E-state index is 12.9. The van der Waals surface area contributed by atoms with Gasteiger partial charge in [0.1, 0.15) is 10.8 Å². The summed E-state index contributed by atoms with van der Waals surface area (Å²) in [6.07, 6.45) is 2.65. The van der Waals surface area contributed by atoms with Gasteiger partial charge in [0.2, 0.25) is 0 Å². The van der Waals surface area contributed by atoms with Gasteiger partial charge in [0.25, 0.3) is 5.91 Å². The first-order valence-corrected chi connectivity index (χ1v) is 11.5. The number of thiazole rings is 1. The van der Waals surface area contributed by atoms with E-state index in [0.717, 1.165) is 22.0 Å². The molecule has 0 fully saturated rings. The highest BCUT2D eigenvalue weighted by Gasteiger charge is 2.23. The third kappa shape index (κ3) is 5.68. The van der Waals surface area contributed by atoms with Crippen LogP contribution >= 0.6 is 23.1 Å². The van der Waals surface area contributed by atoms with Crippen LogP contribution in [0.5, 0.6) is 5.75 Å². The number of carbonyl (C=O) groups excluding carboxylic acids is 2. The highest BCUT2D eigenvalue weighted by molar-refractivity contribution is 7.98. The van der Waals surface area contributed by atoms with E-state index in [2.05, 4.69) is 10.3 Å². The molecule has 0 radical (unpaired) electrons. The van der Waals surface area contributed by atoms with Gasteiger partial charge in [-0.2, -0.15) is 11.8 Å². The van der Waals surface area contributed by atoms with Crippen LogP contribution in [-0.2, 0) is 11.2 Å². The Kier molecular flexibility index (Phi) is 7.43. The monoisotopic (exact) mass is 426 g/mol. The summed E-state index contributed by atoms with van der Waals surface area (Å²) in [5, 5.41) is 15.3. The van der Waals surface area contributed by atoms with E-state index in [-0.39, 0.29) is 23.5 Å². The zero-order valence-corrected chi connectivity index (χ0v) is 17.6. The number of amides is 1. The van der Waals surface area contributed by atoms with E-state index in [0.29, 0.717) is 6.42 Å². The van der Waals surface area contributed by atoms with Crippen LogP contribution in [0, 0.1) is 0 Å². The normalized spacial score (nSPS) is 11.8. The Balaban J connectivity index is 1.70. The maximum Gasteiger partial charge on any atom is 0.255 e. The van der Waals surface area contributed by atoms with Gasteiger partial charge in [0.15, 0.2) is 5.78 Å². The number of nitrogens with one attached hydrogen (secondary N) is 1. The van der Waals surface area contributed by atoms with Gasteiger partial charge in [0, 0.05) is 10.9 Å². The Hall–Kier alpha value is -2.64. The molecule has 0 saturated carbocycles. The van der Waals surface area contributed by atoms with E-state index >= 15 is 0 Å². The zero-order valence-electron chi connectivity index (χ0n) is 16.0. The number of rotatable bonds is 9. The number of para-hydroxylation sites is 1. The van der Waals surface area contributed by atoms with Gasteiger partial charge in [-0.1, -0.05) is 42.5 Å². The van der Waals surface area contributed by atoms with E-state index in [1.165, 1.54) is 23.5 Å². The van der Waals surface area contributed by atoms with Crippen molar-refractivity contribution in [1.29, 1.82) is 0 Å². The third-order valence-corrected chi connectivity index (χ3v) is 5.89. The minimum atomic E-state index is -0.626. The van der Waals surface area contributed by atoms with Crippen LogP contribution in [0.2, 0.25) is 0 Å². The van der Waals surface area contributed by atoms with E-state index < -0.39 is 11.9 Å². The fourth-order valence-corrected chi connectivity index (χ4v) is 4.14. The topological polar surface area (TPSA) is 79.3 Å². The Labute approximate surface area is 178 Å². The molecule has 7 heteroatoms. The number of hydrogen-bond acceptors (Lipinski definition) is 6. The van der Waals surface area contributed by atoms with E-state index in [1.54, 1.807) is 23.9 Å². The second-order valence-electron chi connectivity index (χ2n) is 6.46. The Bertz CT molecular complexity index is 973. The van der Waals surface area contributed by atoms with Crippen molar-refractivity contribution in [1.82, 2.24) is 10.3 Å². The molecule has 0 aliphatic carbocycles. The average Bonchev–Trinajstić information content (AvgIpc) is 3.20. The maximum absolute atomic E-state index is 12.9. The lowest BCUT2D eigenvalue weighted by molar-refractivity contribution is -0.120. The summed E-state index contributed by atoms with van der Waals surface area (Å²) in [5.41, 5.74) is 2.02. The molecule has 3 aromatic rings. The summed E-state index contributed by atoms with van der Waals surface area (Å²) in [6.45, 7) is 0. The van der Waals surface area contributed by atoms with Crippen LogP contribution < -0.4 is 5.32 Å². The number of phenolic OH excluding ortho intramolecular Hbond substituents is 1. The first-order chi connectivity index (χ1) is 14.1. The van der Waals surface area contributed by atoms with Crippen molar-refractivity contribution >= 4 is 34.8 Å². The molecule has 0 saturated heterocycles. The van der Waals surface area contributed by atoms with E-state index in [9.17, 15) is 14.7 Å². The van der Waals surface area contributed by atoms with Crippen molar-refractivity contribution in [2.75, 3.05) is 12.0 Å². The summed E-state index contributed by atoms with van der Waals surface area (Å²) >= 11 is 3.06. The van der Waals surface area contributed by atoms with Crippen molar-refractivity contribution in [2.45, 2.75) is 18.9 Å². The van der Waals surface area contributed by atoms with Gasteiger partial charge in [-0.05, 0) is 30.6 Å². The quantitative estimate of drug-likeness (QED) is 0.537. The minimum Gasteiger partial charge on any atom is -0.507 e. The summed E-state index contributed by atoms with van der Waals surface area (Å²) in [7, 11) is 0. The SMILES string of the molecule is CSCC[C@H](NC(=O)c1ccccc1O)C(=O)Cc1nc(-c2ccccc2)cs1. The van der Waals surface area contributed by atoms with Gasteiger partial charge < -0.3 is 10.4 Å². The number of aromatic nitrogens is 1. The molecule has 150 valence electrons. The molecule has 29 heavy (non-hydrogen) atoms. The molecule has 1 atom stereocenters. The van der Waals surface area contributed by atoms with Crippen LogP contribution in [-0.4, -0.2) is 39.8 Å². The summed E-state index contributed by atoms with van der Waals surface area (Å²) < 4.78 is 0. The molecule has 0 aliphatic rings. The van der Waals surface area contributed by atoms with Crippen LogP contribution in [0.4, 0.5) is 0 Å². The fourth-order valence-electron chi connectivity index (χ4n) is 2.86. The highest BCUT2D eigenvalue weighted by Crippen LogP contribution is 2.22. The van der Waals surface area contributed by atoms with Gasteiger partial charge in [-0.3, -0.25) is 9.59 Å².